The lowest BCUT2D eigenvalue weighted by Crippen LogP contribution is -2.21. The van der Waals surface area contributed by atoms with Gasteiger partial charge in [0.15, 0.2) is 0 Å². The molecule has 0 spiro atoms. The summed E-state index contributed by atoms with van der Waals surface area (Å²) in [7, 11) is 0. The summed E-state index contributed by atoms with van der Waals surface area (Å²) in [5.74, 6) is 0. The normalized spacial score (nSPS) is 33.2. The largest absolute Gasteiger partial charge is 0.386 e. The summed E-state index contributed by atoms with van der Waals surface area (Å²) in [4.78, 5) is 0. The van der Waals surface area contributed by atoms with Crippen LogP contribution in [0, 0.1) is 5.41 Å². The van der Waals surface area contributed by atoms with Crippen molar-refractivity contribution in [2.24, 2.45) is 5.41 Å². The Morgan fingerprint density at radius 3 is 2.25 bits per heavy atom. The average molecular weight is 168 g/mol. The van der Waals surface area contributed by atoms with Gasteiger partial charge >= 0.3 is 0 Å². The molecule has 0 amide bonds. The van der Waals surface area contributed by atoms with Crippen LogP contribution in [0.2, 0.25) is 0 Å². The molecule has 2 heteroatoms. The highest BCUT2D eigenvalue weighted by atomic mass is 16.3. The number of aliphatic hydroxyl groups is 2. The Hall–Kier alpha value is -0.600. The molecule has 1 aliphatic carbocycles. The van der Waals surface area contributed by atoms with E-state index in [1.165, 1.54) is 0 Å². The van der Waals surface area contributed by atoms with Crippen LogP contribution in [0.25, 0.3) is 0 Å². The fourth-order valence-electron chi connectivity index (χ4n) is 1.24. The van der Waals surface area contributed by atoms with E-state index in [-0.39, 0.29) is 5.41 Å². The zero-order valence-corrected chi connectivity index (χ0v) is 7.78. The molecule has 0 saturated heterocycles. The first-order valence-electron chi connectivity index (χ1n) is 4.17. The molecule has 1 aliphatic rings. The molecule has 0 heterocycles. The Labute approximate surface area is 73.2 Å². The number of hydrogen-bond acceptors (Lipinski definition) is 2. The predicted octanol–water partition coefficient (Wildman–Crippen LogP) is 1.25. The van der Waals surface area contributed by atoms with Crippen LogP contribution in [0.15, 0.2) is 23.8 Å². The molecule has 1 rings (SSSR count). The topological polar surface area (TPSA) is 40.5 Å². The summed E-state index contributed by atoms with van der Waals surface area (Å²) in [6.45, 7) is 6.18. The second kappa shape index (κ2) is 3.04. The van der Waals surface area contributed by atoms with Gasteiger partial charge in [-0.3, -0.25) is 0 Å². The lowest BCUT2D eigenvalue weighted by atomic mass is 9.92. The van der Waals surface area contributed by atoms with Crippen LogP contribution in [0.5, 0.6) is 0 Å². The Morgan fingerprint density at radius 1 is 1.33 bits per heavy atom. The van der Waals surface area contributed by atoms with Crippen molar-refractivity contribution in [3.05, 3.63) is 23.8 Å². The molecule has 12 heavy (non-hydrogen) atoms. The third-order valence-electron chi connectivity index (χ3n) is 1.75. The minimum absolute atomic E-state index is 0.0463. The molecular weight excluding hydrogens is 152 g/mol. The maximum absolute atomic E-state index is 9.44. The minimum Gasteiger partial charge on any atom is -0.386 e. The van der Waals surface area contributed by atoms with Gasteiger partial charge < -0.3 is 10.2 Å². The third kappa shape index (κ3) is 2.19. The van der Waals surface area contributed by atoms with Gasteiger partial charge in [0.1, 0.15) is 12.2 Å². The lowest BCUT2D eigenvalue weighted by Gasteiger charge is -2.16. The molecular formula is C10H16O2. The summed E-state index contributed by atoms with van der Waals surface area (Å²) in [6, 6.07) is 0. The lowest BCUT2D eigenvalue weighted by molar-refractivity contribution is 0.0820. The maximum atomic E-state index is 9.44. The Kier molecular flexibility index (Phi) is 2.40. The molecule has 2 N–H and O–H groups in total. The van der Waals surface area contributed by atoms with Crippen LogP contribution >= 0.6 is 0 Å². The molecule has 0 unspecified atom stereocenters. The second-order valence-electron chi connectivity index (χ2n) is 4.30. The molecule has 0 aromatic carbocycles. The maximum Gasteiger partial charge on any atom is 0.108 e. The number of hydrogen-bond donors (Lipinski definition) is 2. The molecule has 0 aromatic heterocycles. The standard InChI is InChI=1S/C10H16O2/c1-10(2,3)6-7-4-5-8(11)9(7)12/h4-6,8-9,11-12H,1-3H3/b7-6-/t8-,9+/m0/s1. The molecule has 2 nitrogen and oxygen atoms in total. The van der Waals surface area contributed by atoms with Crippen LogP contribution in [-0.2, 0) is 0 Å². The number of allylic oxidation sites excluding steroid dienone is 1. The fraction of sp³-hybridized carbons (Fsp3) is 0.600. The van der Waals surface area contributed by atoms with Gasteiger partial charge in [0.2, 0.25) is 0 Å². The van der Waals surface area contributed by atoms with Crippen molar-refractivity contribution in [2.45, 2.75) is 33.0 Å². The van der Waals surface area contributed by atoms with Crippen molar-refractivity contribution in [1.29, 1.82) is 0 Å². The molecule has 0 aromatic rings. The predicted molar refractivity (Wildman–Crippen MR) is 48.7 cm³/mol. The molecule has 68 valence electrons. The van der Waals surface area contributed by atoms with E-state index in [1.54, 1.807) is 12.2 Å². The summed E-state index contributed by atoms with van der Waals surface area (Å²) in [5, 5.41) is 18.6. The van der Waals surface area contributed by atoms with Gasteiger partial charge in [-0.1, -0.05) is 39.0 Å². The van der Waals surface area contributed by atoms with Gasteiger partial charge in [0.25, 0.3) is 0 Å². The molecule has 0 fully saturated rings. The zero-order valence-electron chi connectivity index (χ0n) is 7.78. The number of rotatable bonds is 0. The average Bonchev–Trinajstić information content (AvgIpc) is 2.16. The van der Waals surface area contributed by atoms with Crippen LogP contribution in [-0.4, -0.2) is 22.4 Å². The highest BCUT2D eigenvalue weighted by Gasteiger charge is 2.23. The van der Waals surface area contributed by atoms with Gasteiger partial charge in [-0.2, -0.15) is 0 Å². The zero-order chi connectivity index (χ0) is 9.35. The van der Waals surface area contributed by atoms with Gasteiger partial charge in [-0.05, 0) is 11.0 Å². The smallest absolute Gasteiger partial charge is 0.108 e. The van der Waals surface area contributed by atoms with Crippen molar-refractivity contribution < 1.29 is 10.2 Å². The van der Waals surface area contributed by atoms with Crippen LogP contribution in [0.4, 0.5) is 0 Å². The minimum atomic E-state index is -0.732. The second-order valence-corrected chi connectivity index (χ2v) is 4.30. The monoisotopic (exact) mass is 168 g/mol. The molecule has 0 aliphatic heterocycles. The van der Waals surface area contributed by atoms with Gasteiger partial charge in [0, 0.05) is 0 Å². The highest BCUT2D eigenvalue weighted by molar-refractivity contribution is 5.33. The van der Waals surface area contributed by atoms with E-state index >= 15 is 0 Å². The summed E-state index contributed by atoms with van der Waals surface area (Å²) >= 11 is 0. The third-order valence-corrected chi connectivity index (χ3v) is 1.75. The van der Waals surface area contributed by atoms with Gasteiger partial charge in [0.05, 0.1) is 0 Å². The Bertz CT molecular complexity index is 220. The molecule has 0 radical (unpaired) electrons. The SMILES string of the molecule is CC(C)(C)/C=C1/C=C[C@H](O)[C@@H]1O. The first-order chi connectivity index (χ1) is 5.40. The summed E-state index contributed by atoms with van der Waals surface area (Å²) in [5.41, 5.74) is 0.861. The summed E-state index contributed by atoms with van der Waals surface area (Å²) in [6.07, 6.45) is 3.91. The molecule has 0 saturated carbocycles. The van der Waals surface area contributed by atoms with E-state index in [0.717, 1.165) is 5.57 Å². The quantitative estimate of drug-likeness (QED) is 0.571. The van der Waals surface area contributed by atoms with Crippen molar-refractivity contribution in [3.63, 3.8) is 0 Å². The van der Waals surface area contributed by atoms with Gasteiger partial charge in [-0.15, -0.1) is 0 Å². The van der Waals surface area contributed by atoms with Crippen LogP contribution < -0.4 is 0 Å². The van der Waals surface area contributed by atoms with Crippen molar-refractivity contribution >= 4 is 0 Å². The first-order valence-corrected chi connectivity index (χ1v) is 4.17. The molecule has 2 atom stereocenters. The van der Waals surface area contributed by atoms with Crippen molar-refractivity contribution in [3.8, 4) is 0 Å². The van der Waals surface area contributed by atoms with Crippen molar-refractivity contribution in [2.75, 3.05) is 0 Å². The van der Waals surface area contributed by atoms with Crippen LogP contribution in [0.3, 0.4) is 0 Å². The Balaban J connectivity index is 2.79. The van der Waals surface area contributed by atoms with E-state index in [2.05, 4.69) is 20.8 Å². The van der Waals surface area contributed by atoms with E-state index in [0.29, 0.717) is 0 Å². The first kappa shape index (κ1) is 9.49. The van der Waals surface area contributed by atoms with E-state index in [4.69, 9.17) is 0 Å². The van der Waals surface area contributed by atoms with Crippen LogP contribution in [0.1, 0.15) is 20.8 Å². The van der Waals surface area contributed by atoms with E-state index < -0.39 is 12.2 Å². The van der Waals surface area contributed by atoms with E-state index in [1.807, 2.05) is 6.08 Å². The highest BCUT2D eigenvalue weighted by Crippen LogP contribution is 2.24. The van der Waals surface area contributed by atoms with Gasteiger partial charge in [-0.25, -0.2) is 0 Å². The Morgan fingerprint density at radius 2 is 1.92 bits per heavy atom. The fourth-order valence-corrected chi connectivity index (χ4v) is 1.24. The number of aliphatic hydroxyl groups excluding tert-OH is 2. The molecule has 0 bridgehead atoms. The summed E-state index contributed by atoms with van der Waals surface area (Å²) < 4.78 is 0. The van der Waals surface area contributed by atoms with Crippen molar-refractivity contribution in [1.82, 2.24) is 0 Å². The van der Waals surface area contributed by atoms with E-state index in [9.17, 15) is 10.2 Å².